The molecule has 3 fully saturated rings. The van der Waals surface area contributed by atoms with Gasteiger partial charge in [-0.1, -0.05) is 51.9 Å². The minimum Gasteiger partial charge on any atom is -0.339 e. The lowest BCUT2D eigenvalue weighted by molar-refractivity contribution is -0.198. The molecule has 0 aromatic carbocycles. The SMILES string of the molecule is CCN1C(C)(C)CC2(CC1(C)C)OC1(CCCCCCCCCCC1)N(C)C2=O. The number of hydrogen-bond acceptors (Lipinski definition) is 3. The Morgan fingerprint density at radius 2 is 1.21 bits per heavy atom. The van der Waals surface area contributed by atoms with Crippen molar-refractivity contribution in [2.75, 3.05) is 13.6 Å². The van der Waals surface area contributed by atoms with E-state index < -0.39 is 11.3 Å². The first-order valence-corrected chi connectivity index (χ1v) is 12.3. The number of likely N-dealkylation sites (tertiary alicyclic amines) is 1. The van der Waals surface area contributed by atoms with Crippen LogP contribution in [0.25, 0.3) is 0 Å². The molecule has 2 heterocycles. The van der Waals surface area contributed by atoms with Crippen LogP contribution >= 0.6 is 0 Å². The highest BCUT2D eigenvalue weighted by Gasteiger charge is 2.64. The Labute approximate surface area is 179 Å². The molecule has 0 atom stereocenters. The van der Waals surface area contributed by atoms with Crippen LogP contribution in [0.3, 0.4) is 0 Å². The second-order valence-corrected chi connectivity index (χ2v) is 11.3. The van der Waals surface area contributed by atoms with Gasteiger partial charge in [-0.05, 0) is 59.9 Å². The van der Waals surface area contributed by atoms with E-state index in [9.17, 15) is 4.79 Å². The minimum atomic E-state index is -0.662. The number of hydrogen-bond donors (Lipinski definition) is 0. The number of likely N-dealkylation sites (N-methyl/N-ethyl adjacent to an activating group) is 1. The maximum atomic E-state index is 13.8. The summed E-state index contributed by atoms with van der Waals surface area (Å²) in [5, 5.41) is 0. The molecule has 0 N–H and O–H groups in total. The summed E-state index contributed by atoms with van der Waals surface area (Å²) in [6.07, 6.45) is 15.2. The highest BCUT2D eigenvalue weighted by molar-refractivity contribution is 5.88. The first-order chi connectivity index (χ1) is 13.6. The maximum Gasteiger partial charge on any atom is 0.257 e. The van der Waals surface area contributed by atoms with Crippen molar-refractivity contribution in [3.8, 4) is 0 Å². The topological polar surface area (TPSA) is 32.8 Å². The van der Waals surface area contributed by atoms with Crippen LogP contribution in [-0.2, 0) is 9.53 Å². The van der Waals surface area contributed by atoms with Gasteiger partial charge in [-0.25, -0.2) is 0 Å². The Kier molecular flexibility index (Phi) is 6.75. The average molecular weight is 407 g/mol. The van der Waals surface area contributed by atoms with Gasteiger partial charge in [0.25, 0.3) is 5.91 Å². The van der Waals surface area contributed by atoms with Crippen LogP contribution < -0.4 is 0 Å². The van der Waals surface area contributed by atoms with Gasteiger partial charge in [0.15, 0.2) is 5.60 Å². The summed E-state index contributed by atoms with van der Waals surface area (Å²) in [5.74, 6) is 0.237. The molecule has 4 nitrogen and oxygen atoms in total. The first-order valence-electron chi connectivity index (χ1n) is 12.3. The van der Waals surface area contributed by atoms with Crippen molar-refractivity contribution in [2.24, 2.45) is 0 Å². The predicted molar refractivity (Wildman–Crippen MR) is 120 cm³/mol. The average Bonchev–Trinajstić information content (AvgIpc) is 2.78. The zero-order valence-electron chi connectivity index (χ0n) is 20.1. The Morgan fingerprint density at radius 3 is 1.62 bits per heavy atom. The third kappa shape index (κ3) is 4.39. The summed E-state index contributed by atoms with van der Waals surface area (Å²) < 4.78 is 7.06. The summed E-state index contributed by atoms with van der Waals surface area (Å²) in [6, 6.07) is 0. The van der Waals surface area contributed by atoms with E-state index in [-0.39, 0.29) is 17.0 Å². The summed E-state index contributed by atoms with van der Waals surface area (Å²) in [5.41, 5.74) is -1.16. The zero-order valence-corrected chi connectivity index (χ0v) is 20.1. The molecule has 4 heteroatoms. The van der Waals surface area contributed by atoms with Crippen LogP contribution in [0, 0.1) is 0 Å². The van der Waals surface area contributed by atoms with Gasteiger partial charge in [0.2, 0.25) is 0 Å². The molecular weight excluding hydrogens is 360 g/mol. The van der Waals surface area contributed by atoms with Crippen molar-refractivity contribution in [1.29, 1.82) is 0 Å². The standard InChI is InChI=1S/C25H46N2O2/c1-7-27-22(2,3)19-24(20-23(27,4)5)21(28)26(6)25(29-24)17-15-13-11-9-8-10-12-14-16-18-25/h7-20H2,1-6H3. The van der Waals surface area contributed by atoms with Crippen molar-refractivity contribution >= 4 is 5.91 Å². The third-order valence-corrected chi connectivity index (χ3v) is 8.04. The van der Waals surface area contributed by atoms with Crippen LogP contribution in [0.15, 0.2) is 0 Å². The van der Waals surface area contributed by atoms with Crippen LogP contribution in [0.2, 0.25) is 0 Å². The zero-order chi connectivity index (χ0) is 21.3. The molecule has 168 valence electrons. The van der Waals surface area contributed by atoms with Crippen molar-refractivity contribution in [1.82, 2.24) is 9.80 Å². The van der Waals surface area contributed by atoms with E-state index in [1.54, 1.807) is 0 Å². The molecule has 3 rings (SSSR count). The molecule has 2 spiro atoms. The summed E-state index contributed by atoms with van der Waals surface area (Å²) >= 11 is 0. The smallest absolute Gasteiger partial charge is 0.257 e. The fourth-order valence-corrected chi connectivity index (χ4v) is 7.12. The Bertz CT molecular complexity index is 553. The van der Waals surface area contributed by atoms with Crippen LogP contribution in [0.5, 0.6) is 0 Å². The number of carbonyl (C=O) groups excluding carboxylic acids is 1. The molecular formula is C25H46N2O2. The molecule has 29 heavy (non-hydrogen) atoms. The lowest BCUT2D eigenvalue weighted by Gasteiger charge is -2.57. The van der Waals surface area contributed by atoms with Gasteiger partial charge in [0.05, 0.1) is 0 Å². The molecule has 1 amide bonds. The summed E-state index contributed by atoms with van der Waals surface area (Å²) in [6.45, 7) is 12.4. The number of ether oxygens (including phenoxy) is 1. The van der Waals surface area contributed by atoms with Gasteiger partial charge in [-0.3, -0.25) is 9.69 Å². The highest BCUT2D eigenvalue weighted by atomic mass is 16.6. The molecule has 2 saturated heterocycles. The van der Waals surface area contributed by atoms with Gasteiger partial charge in [-0.2, -0.15) is 0 Å². The van der Waals surface area contributed by atoms with Gasteiger partial charge in [0.1, 0.15) is 5.72 Å². The Morgan fingerprint density at radius 1 is 0.793 bits per heavy atom. The van der Waals surface area contributed by atoms with Gasteiger partial charge in [0, 0.05) is 31.0 Å². The largest absolute Gasteiger partial charge is 0.339 e. The minimum absolute atomic E-state index is 0.0517. The third-order valence-electron chi connectivity index (χ3n) is 8.04. The molecule has 3 aliphatic rings. The van der Waals surface area contributed by atoms with Crippen molar-refractivity contribution < 1.29 is 9.53 Å². The number of carbonyl (C=O) groups is 1. The van der Waals surface area contributed by atoms with E-state index in [1.807, 2.05) is 11.9 Å². The van der Waals surface area contributed by atoms with E-state index >= 15 is 0 Å². The molecule has 0 bridgehead atoms. The van der Waals surface area contributed by atoms with Crippen molar-refractivity contribution in [3.05, 3.63) is 0 Å². The monoisotopic (exact) mass is 406 g/mol. The molecule has 1 aliphatic carbocycles. The molecule has 1 saturated carbocycles. The Balaban J connectivity index is 1.88. The molecule has 0 radical (unpaired) electrons. The first kappa shape index (κ1) is 23.1. The number of nitrogens with zero attached hydrogens (tertiary/aromatic N) is 2. The van der Waals surface area contributed by atoms with E-state index in [2.05, 4.69) is 39.5 Å². The Hall–Kier alpha value is -0.610. The van der Waals surface area contributed by atoms with E-state index in [4.69, 9.17) is 4.74 Å². The molecule has 0 aromatic heterocycles. The second-order valence-electron chi connectivity index (χ2n) is 11.3. The van der Waals surface area contributed by atoms with Crippen LogP contribution in [0.4, 0.5) is 0 Å². The maximum absolute atomic E-state index is 13.8. The van der Waals surface area contributed by atoms with Crippen LogP contribution in [0.1, 0.15) is 118 Å². The fourth-order valence-electron chi connectivity index (χ4n) is 7.12. The van der Waals surface area contributed by atoms with Crippen molar-refractivity contribution in [3.63, 3.8) is 0 Å². The summed E-state index contributed by atoms with van der Waals surface area (Å²) in [4.78, 5) is 18.4. The van der Waals surface area contributed by atoms with E-state index in [1.165, 1.54) is 57.8 Å². The van der Waals surface area contributed by atoms with Gasteiger partial charge < -0.3 is 9.64 Å². The van der Waals surface area contributed by atoms with Gasteiger partial charge >= 0.3 is 0 Å². The van der Waals surface area contributed by atoms with Gasteiger partial charge in [-0.15, -0.1) is 0 Å². The molecule has 2 aliphatic heterocycles. The quantitative estimate of drug-likeness (QED) is 0.544. The number of rotatable bonds is 1. The van der Waals surface area contributed by atoms with E-state index in [0.717, 1.165) is 32.2 Å². The number of amides is 1. The highest BCUT2D eigenvalue weighted by Crippen LogP contribution is 2.53. The summed E-state index contributed by atoms with van der Waals surface area (Å²) in [7, 11) is 2.02. The lowest BCUT2D eigenvalue weighted by atomic mass is 9.70. The van der Waals surface area contributed by atoms with Crippen molar-refractivity contribution in [2.45, 2.75) is 140 Å². The normalized spacial score (nSPS) is 30.3. The molecule has 0 unspecified atom stereocenters. The van der Waals surface area contributed by atoms with Crippen LogP contribution in [-0.4, -0.2) is 51.7 Å². The molecule has 0 aromatic rings. The number of piperidine rings is 1. The lowest BCUT2D eigenvalue weighted by Crippen LogP contribution is -2.67. The second kappa shape index (κ2) is 8.49. The van der Waals surface area contributed by atoms with E-state index in [0.29, 0.717) is 0 Å². The fraction of sp³-hybridized carbons (Fsp3) is 0.960. The predicted octanol–water partition coefficient (Wildman–Crippen LogP) is 5.89.